The summed E-state index contributed by atoms with van der Waals surface area (Å²) in [7, 11) is -3.55. The van der Waals surface area contributed by atoms with Crippen LogP contribution < -0.4 is 20.7 Å². The average molecular weight is 562 g/mol. The van der Waals surface area contributed by atoms with E-state index in [9.17, 15) is 8.42 Å². The largest absolute Gasteiger partial charge is 0.494 e. The van der Waals surface area contributed by atoms with Crippen LogP contribution in [0, 0.1) is 5.92 Å². The number of unbranched alkanes of at least 4 members (excludes halogenated alkanes) is 2. The van der Waals surface area contributed by atoms with Gasteiger partial charge in [-0.05, 0) is 84.8 Å². The molecule has 0 aromatic heterocycles. The van der Waals surface area contributed by atoms with Gasteiger partial charge in [-0.1, -0.05) is 62.6 Å². The van der Waals surface area contributed by atoms with E-state index in [1.54, 1.807) is 12.1 Å². The van der Waals surface area contributed by atoms with Gasteiger partial charge in [0.25, 0.3) is 0 Å². The van der Waals surface area contributed by atoms with Gasteiger partial charge in [-0.15, -0.1) is 0 Å². The molecule has 3 aliphatic rings. The predicted octanol–water partition coefficient (Wildman–Crippen LogP) is 5.21. The molecule has 3 fully saturated rings. The summed E-state index contributed by atoms with van der Waals surface area (Å²) >= 11 is 0. The van der Waals surface area contributed by atoms with Gasteiger partial charge in [0.2, 0.25) is 0 Å². The third-order valence-corrected chi connectivity index (χ3v) is 11.5. The minimum atomic E-state index is -3.55. The fraction of sp³-hybridized carbons (Fsp3) is 0.515. The molecule has 5 atom stereocenters. The van der Waals surface area contributed by atoms with Crippen LogP contribution in [-0.4, -0.2) is 51.0 Å². The van der Waals surface area contributed by atoms with Crippen molar-refractivity contribution in [2.45, 2.75) is 92.7 Å². The van der Waals surface area contributed by atoms with Crippen LogP contribution in [-0.2, 0) is 16.4 Å². The van der Waals surface area contributed by atoms with Crippen molar-refractivity contribution in [3.63, 3.8) is 0 Å². The molecule has 6 rings (SSSR count). The molecule has 40 heavy (non-hydrogen) atoms. The predicted molar refractivity (Wildman–Crippen MR) is 161 cm³/mol. The highest BCUT2D eigenvalue weighted by Crippen LogP contribution is 2.40. The van der Waals surface area contributed by atoms with E-state index in [0.29, 0.717) is 30.0 Å². The van der Waals surface area contributed by atoms with Crippen molar-refractivity contribution < 1.29 is 13.2 Å². The third-order valence-electron chi connectivity index (χ3n) is 9.27. The van der Waals surface area contributed by atoms with Crippen molar-refractivity contribution in [3.05, 3.63) is 72.3 Å². The van der Waals surface area contributed by atoms with E-state index >= 15 is 0 Å². The Kier molecular flexibility index (Phi) is 8.45. The van der Waals surface area contributed by atoms with Crippen molar-refractivity contribution in [1.82, 2.24) is 16.0 Å². The second-order valence-corrected chi connectivity index (χ2v) is 14.1. The highest BCUT2D eigenvalue weighted by molar-refractivity contribution is 7.92. The van der Waals surface area contributed by atoms with Crippen molar-refractivity contribution in [3.8, 4) is 5.75 Å². The first-order valence-corrected chi connectivity index (χ1v) is 16.7. The summed E-state index contributed by atoms with van der Waals surface area (Å²) in [5, 5.41) is 13.1. The zero-order chi connectivity index (χ0) is 27.5. The lowest BCUT2D eigenvalue weighted by atomic mass is 9.84. The Morgan fingerprint density at radius 3 is 2.50 bits per heavy atom. The quantitative estimate of drug-likeness (QED) is 0.249. The summed E-state index contributed by atoms with van der Waals surface area (Å²) < 4.78 is 34.1. The zero-order valence-corrected chi connectivity index (χ0v) is 24.3. The molecule has 2 heterocycles. The molecule has 0 radical (unpaired) electrons. The van der Waals surface area contributed by atoms with Crippen LogP contribution in [0.15, 0.2) is 71.6 Å². The van der Waals surface area contributed by atoms with Crippen LogP contribution in [0.4, 0.5) is 0 Å². The fourth-order valence-electron chi connectivity index (χ4n) is 6.81. The van der Waals surface area contributed by atoms with Crippen LogP contribution >= 0.6 is 0 Å². The first-order chi connectivity index (χ1) is 19.5. The highest BCUT2D eigenvalue weighted by Gasteiger charge is 2.57. The normalized spacial score (nSPS) is 26.3. The Bertz CT molecular complexity index is 1390. The summed E-state index contributed by atoms with van der Waals surface area (Å²) in [6.07, 6.45) is 8.00. The Morgan fingerprint density at radius 1 is 0.950 bits per heavy atom. The van der Waals surface area contributed by atoms with E-state index in [1.165, 1.54) is 35.6 Å². The van der Waals surface area contributed by atoms with Gasteiger partial charge in [0, 0.05) is 30.7 Å². The Labute approximate surface area is 239 Å². The number of hydrogen-bond donors (Lipinski definition) is 3. The molecule has 7 heteroatoms. The molecule has 2 bridgehead atoms. The molecule has 1 saturated carbocycles. The van der Waals surface area contributed by atoms with Gasteiger partial charge in [0.1, 0.15) is 5.75 Å². The fourth-order valence-corrected chi connectivity index (χ4v) is 8.91. The molecule has 0 unspecified atom stereocenters. The lowest BCUT2D eigenvalue weighted by molar-refractivity contribution is 0.271. The van der Waals surface area contributed by atoms with Gasteiger partial charge in [-0.3, -0.25) is 0 Å². The Balaban J connectivity index is 1.19. The lowest BCUT2D eigenvalue weighted by Crippen LogP contribution is -2.55. The highest BCUT2D eigenvalue weighted by atomic mass is 32.2. The molecule has 3 aromatic carbocycles. The number of rotatable bonds is 13. The molecule has 3 aromatic rings. The monoisotopic (exact) mass is 561 g/mol. The standard InChI is InChI=1S/C33H43N3O3S/c1-2-3-6-18-39-28-14-16-29(17-15-28)40(37,38)33-30-20-26(22-34-27-10-7-11-27)31(36-30)32(33)35-21-23-12-13-24-8-4-5-9-25(24)19-23/h4-5,8-9,12-17,19,26-27,30-36H,2-3,6-7,10-11,18,20-22H2,1H3/t26-,30-,31+,32+,33+/m0/s1. The smallest absolute Gasteiger partial charge is 0.184 e. The maximum atomic E-state index is 14.1. The van der Waals surface area contributed by atoms with E-state index < -0.39 is 15.1 Å². The van der Waals surface area contributed by atoms with Gasteiger partial charge >= 0.3 is 0 Å². The van der Waals surface area contributed by atoms with Crippen molar-refractivity contribution in [2.75, 3.05) is 13.2 Å². The first-order valence-electron chi connectivity index (χ1n) is 15.2. The molecule has 1 aliphatic carbocycles. The number of hydrogen-bond acceptors (Lipinski definition) is 6. The molecule has 6 nitrogen and oxygen atoms in total. The van der Waals surface area contributed by atoms with Gasteiger partial charge in [0.05, 0.1) is 16.8 Å². The van der Waals surface area contributed by atoms with E-state index in [0.717, 1.165) is 38.0 Å². The topological polar surface area (TPSA) is 79.5 Å². The summed E-state index contributed by atoms with van der Waals surface area (Å²) in [5.41, 5.74) is 1.17. The zero-order valence-electron chi connectivity index (χ0n) is 23.5. The molecule has 2 aliphatic heterocycles. The van der Waals surface area contributed by atoms with Crippen LogP contribution in [0.1, 0.15) is 57.4 Å². The Morgan fingerprint density at radius 2 is 1.75 bits per heavy atom. The number of sulfone groups is 1. The van der Waals surface area contributed by atoms with Crippen molar-refractivity contribution in [1.29, 1.82) is 0 Å². The number of nitrogens with one attached hydrogen (secondary N) is 3. The number of fused-ring (bicyclic) bond motifs is 3. The number of benzene rings is 3. The van der Waals surface area contributed by atoms with Crippen molar-refractivity contribution in [2.24, 2.45) is 5.92 Å². The van der Waals surface area contributed by atoms with Gasteiger partial charge in [0.15, 0.2) is 9.84 Å². The summed E-state index contributed by atoms with van der Waals surface area (Å²) in [6, 6.07) is 22.5. The maximum Gasteiger partial charge on any atom is 0.184 e. The second-order valence-electron chi connectivity index (χ2n) is 12.0. The second kappa shape index (κ2) is 12.2. The van der Waals surface area contributed by atoms with Crippen LogP contribution in [0.5, 0.6) is 5.75 Å². The molecular weight excluding hydrogens is 518 g/mol. The van der Waals surface area contributed by atoms with E-state index in [-0.39, 0.29) is 18.1 Å². The molecule has 2 saturated heterocycles. The molecule has 3 N–H and O–H groups in total. The van der Waals surface area contributed by atoms with Crippen molar-refractivity contribution >= 4 is 20.6 Å². The third kappa shape index (κ3) is 5.80. The summed E-state index contributed by atoms with van der Waals surface area (Å²) in [5.74, 6) is 1.15. The van der Waals surface area contributed by atoms with Gasteiger partial charge in [-0.2, -0.15) is 0 Å². The minimum Gasteiger partial charge on any atom is -0.494 e. The molecular formula is C33H43N3O3S. The van der Waals surface area contributed by atoms with E-state index in [1.807, 2.05) is 12.1 Å². The molecule has 0 amide bonds. The SMILES string of the molecule is CCCCCOc1ccc(S(=O)(=O)[C@H]2[C@H](NCc3ccc4ccccc4c3)[C@@H]3N[C@H]2C[C@H]3CNC2CCC2)cc1. The number of ether oxygens (including phenoxy) is 1. The summed E-state index contributed by atoms with van der Waals surface area (Å²) in [4.78, 5) is 0.384. The average Bonchev–Trinajstić information content (AvgIpc) is 3.52. The van der Waals surface area contributed by atoms with Crippen LogP contribution in [0.25, 0.3) is 10.8 Å². The van der Waals surface area contributed by atoms with E-state index in [2.05, 4.69) is 65.3 Å². The summed E-state index contributed by atoms with van der Waals surface area (Å²) in [6.45, 7) is 4.41. The Hall–Kier alpha value is -2.45. The van der Waals surface area contributed by atoms with Gasteiger partial charge in [-0.25, -0.2) is 8.42 Å². The van der Waals surface area contributed by atoms with Crippen LogP contribution in [0.3, 0.4) is 0 Å². The van der Waals surface area contributed by atoms with Gasteiger partial charge < -0.3 is 20.7 Å². The maximum absolute atomic E-state index is 14.1. The minimum absolute atomic E-state index is 0.0535. The molecule has 214 valence electrons. The van der Waals surface area contributed by atoms with E-state index in [4.69, 9.17) is 4.74 Å². The first kappa shape index (κ1) is 27.7. The van der Waals surface area contributed by atoms with Crippen LogP contribution in [0.2, 0.25) is 0 Å². The molecule has 0 spiro atoms. The lowest BCUT2D eigenvalue weighted by Gasteiger charge is -2.36.